The predicted octanol–water partition coefficient (Wildman–Crippen LogP) is 2.63. The second-order valence-electron chi connectivity index (χ2n) is 4.65. The largest absolute Gasteiger partial charge is 0.321 e. The standard InChI is InChI=1S/C13H20N2OS2/c1-9(17-3)6-7-15-12(16)8-14-13(15)11-5-4-10(2)18-11/h4-5,9,13-14H,6-8H2,1-3H3. The molecule has 0 aromatic carbocycles. The molecule has 0 bridgehead atoms. The first-order chi connectivity index (χ1) is 8.61. The molecular weight excluding hydrogens is 264 g/mol. The monoisotopic (exact) mass is 284 g/mol. The van der Waals surface area contributed by atoms with E-state index >= 15 is 0 Å². The summed E-state index contributed by atoms with van der Waals surface area (Å²) in [5.41, 5.74) is 0. The molecular formula is C13H20N2OS2. The molecule has 100 valence electrons. The Kier molecular flexibility index (Phi) is 4.70. The molecule has 1 N–H and O–H groups in total. The maximum Gasteiger partial charge on any atom is 0.238 e. The summed E-state index contributed by atoms with van der Waals surface area (Å²) < 4.78 is 0. The number of carbonyl (C=O) groups is 1. The number of thioether (sulfide) groups is 1. The first-order valence-electron chi connectivity index (χ1n) is 6.24. The maximum absolute atomic E-state index is 11.9. The molecule has 2 unspecified atom stereocenters. The SMILES string of the molecule is CSC(C)CCN1C(=O)CNC1c1ccc(C)s1. The smallest absolute Gasteiger partial charge is 0.238 e. The molecule has 1 fully saturated rings. The molecule has 2 heterocycles. The van der Waals surface area contributed by atoms with Crippen LogP contribution in [-0.2, 0) is 4.79 Å². The fourth-order valence-electron chi connectivity index (χ4n) is 2.09. The van der Waals surface area contributed by atoms with Gasteiger partial charge in [0, 0.05) is 21.5 Å². The number of rotatable bonds is 5. The zero-order valence-corrected chi connectivity index (χ0v) is 12.7. The van der Waals surface area contributed by atoms with Gasteiger partial charge in [-0.05, 0) is 31.7 Å². The lowest BCUT2D eigenvalue weighted by atomic mass is 10.3. The Labute approximate surface area is 117 Å². The first kappa shape index (κ1) is 13.9. The first-order valence-corrected chi connectivity index (χ1v) is 8.34. The zero-order chi connectivity index (χ0) is 13.1. The number of nitrogens with zero attached hydrogens (tertiary/aromatic N) is 1. The molecule has 0 saturated carbocycles. The van der Waals surface area contributed by atoms with Gasteiger partial charge in [-0.2, -0.15) is 11.8 Å². The average Bonchev–Trinajstić information content (AvgIpc) is 2.92. The fourth-order valence-corrected chi connectivity index (χ4v) is 3.39. The molecule has 18 heavy (non-hydrogen) atoms. The van der Waals surface area contributed by atoms with Crippen molar-refractivity contribution in [1.29, 1.82) is 0 Å². The second kappa shape index (κ2) is 6.08. The van der Waals surface area contributed by atoms with E-state index < -0.39 is 0 Å². The molecule has 2 atom stereocenters. The minimum Gasteiger partial charge on any atom is -0.321 e. The van der Waals surface area contributed by atoms with E-state index in [1.807, 2.05) is 16.7 Å². The summed E-state index contributed by atoms with van der Waals surface area (Å²) in [5, 5.41) is 3.91. The van der Waals surface area contributed by atoms with Crippen molar-refractivity contribution in [3.63, 3.8) is 0 Å². The van der Waals surface area contributed by atoms with Gasteiger partial charge in [0.15, 0.2) is 0 Å². The minimum absolute atomic E-state index is 0.0882. The molecule has 1 amide bonds. The van der Waals surface area contributed by atoms with Crippen LogP contribution in [0.3, 0.4) is 0 Å². The molecule has 1 aromatic rings. The molecule has 1 aliphatic rings. The van der Waals surface area contributed by atoms with Gasteiger partial charge in [0.1, 0.15) is 6.17 Å². The lowest BCUT2D eigenvalue weighted by Crippen LogP contribution is -2.31. The highest BCUT2D eigenvalue weighted by Gasteiger charge is 2.32. The van der Waals surface area contributed by atoms with E-state index in [0.717, 1.165) is 13.0 Å². The van der Waals surface area contributed by atoms with Crippen LogP contribution in [-0.4, -0.2) is 35.4 Å². The summed E-state index contributed by atoms with van der Waals surface area (Å²) in [6.07, 6.45) is 3.26. The molecule has 1 aliphatic heterocycles. The van der Waals surface area contributed by atoms with Crippen molar-refractivity contribution in [2.75, 3.05) is 19.3 Å². The summed E-state index contributed by atoms with van der Waals surface area (Å²) in [4.78, 5) is 16.5. The summed E-state index contributed by atoms with van der Waals surface area (Å²) in [5.74, 6) is 0.222. The predicted molar refractivity (Wildman–Crippen MR) is 79.1 cm³/mol. The van der Waals surface area contributed by atoms with Gasteiger partial charge >= 0.3 is 0 Å². The normalized spacial score (nSPS) is 21.6. The third kappa shape index (κ3) is 3.08. The average molecular weight is 284 g/mol. The highest BCUT2D eigenvalue weighted by Crippen LogP contribution is 2.29. The Hall–Kier alpha value is -0.520. The minimum atomic E-state index is 0.0882. The number of carbonyl (C=O) groups excluding carboxylic acids is 1. The van der Waals surface area contributed by atoms with Crippen molar-refractivity contribution in [1.82, 2.24) is 10.2 Å². The summed E-state index contributed by atoms with van der Waals surface area (Å²) >= 11 is 3.62. The Balaban J connectivity index is 2.03. The number of aryl methyl sites for hydroxylation is 1. The summed E-state index contributed by atoms with van der Waals surface area (Å²) in [7, 11) is 0. The third-order valence-electron chi connectivity index (χ3n) is 3.29. The second-order valence-corrected chi connectivity index (χ2v) is 7.25. The van der Waals surface area contributed by atoms with Crippen molar-refractivity contribution < 1.29 is 4.79 Å². The quantitative estimate of drug-likeness (QED) is 0.902. The van der Waals surface area contributed by atoms with Crippen LogP contribution in [0.15, 0.2) is 12.1 Å². The molecule has 3 nitrogen and oxygen atoms in total. The van der Waals surface area contributed by atoms with E-state index in [2.05, 4.69) is 37.6 Å². The van der Waals surface area contributed by atoms with Crippen molar-refractivity contribution in [2.45, 2.75) is 31.7 Å². The number of nitrogens with one attached hydrogen (secondary N) is 1. The van der Waals surface area contributed by atoms with Crippen LogP contribution in [0.25, 0.3) is 0 Å². The van der Waals surface area contributed by atoms with E-state index in [1.165, 1.54) is 9.75 Å². The van der Waals surface area contributed by atoms with E-state index in [4.69, 9.17) is 0 Å². The van der Waals surface area contributed by atoms with Gasteiger partial charge in [-0.3, -0.25) is 10.1 Å². The highest BCUT2D eigenvalue weighted by molar-refractivity contribution is 7.99. The molecule has 1 aromatic heterocycles. The topological polar surface area (TPSA) is 32.3 Å². The Bertz CT molecular complexity index is 419. The Morgan fingerprint density at radius 2 is 2.39 bits per heavy atom. The van der Waals surface area contributed by atoms with Gasteiger partial charge in [-0.25, -0.2) is 0 Å². The molecule has 5 heteroatoms. The van der Waals surface area contributed by atoms with Gasteiger partial charge in [-0.15, -0.1) is 11.3 Å². The van der Waals surface area contributed by atoms with Gasteiger partial charge in [0.25, 0.3) is 0 Å². The lowest BCUT2D eigenvalue weighted by Gasteiger charge is -2.24. The molecule has 0 spiro atoms. The van der Waals surface area contributed by atoms with Crippen molar-refractivity contribution in [2.24, 2.45) is 0 Å². The highest BCUT2D eigenvalue weighted by atomic mass is 32.2. The van der Waals surface area contributed by atoms with Crippen LogP contribution in [0.5, 0.6) is 0 Å². The fraction of sp³-hybridized carbons (Fsp3) is 0.615. The van der Waals surface area contributed by atoms with Gasteiger partial charge in [0.2, 0.25) is 5.91 Å². The number of amides is 1. The van der Waals surface area contributed by atoms with Crippen LogP contribution >= 0.6 is 23.1 Å². The van der Waals surface area contributed by atoms with Crippen LogP contribution < -0.4 is 5.32 Å². The van der Waals surface area contributed by atoms with Gasteiger partial charge in [-0.1, -0.05) is 6.92 Å². The molecule has 1 saturated heterocycles. The third-order valence-corrected chi connectivity index (χ3v) is 5.38. The van der Waals surface area contributed by atoms with Crippen LogP contribution in [0.4, 0.5) is 0 Å². The van der Waals surface area contributed by atoms with Gasteiger partial charge in [0.05, 0.1) is 6.54 Å². The van der Waals surface area contributed by atoms with E-state index in [-0.39, 0.29) is 12.1 Å². The molecule has 0 radical (unpaired) electrons. The Morgan fingerprint density at radius 3 is 3.00 bits per heavy atom. The van der Waals surface area contributed by atoms with Crippen LogP contribution in [0.1, 0.15) is 29.3 Å². The molecule has 2 rings (SSSR count). The van der Waals surface area contributed by atoms with Crippen molar-refractivity contribution in [3.8, 4) is 0 Å². The molecule has 0 aliphatic carbocycles. The van der Waals surface area contributed by atoms with Crippen molar-refractivity contribution >= 4 is 29.0 Å². The number of thiophene rings is 1. The van der Waals surface area contributed by atoms with Crippen LogP contribution in [0, 0.1) is 6.92 Å². The number of hydrogen-bond donors (Lipinski definition) is 1. The van der Waals surface area contributed by atoms with Crippen LogP contribution in [0.2, 0.25) is 0 Å². The zero-order valence-electron chi connectivity index (χ0n) is 11.1. The summed E-state index contributed by atoms with van der Waals surface area (Å²) in [6.45, 7) is 5.62. The maximum atomic E-state index is 11.9. The number of hydrogen-bond acceptors (Lipinski definition) is 4. The Morgan fingerprint density at radius 1 is 1.61 bits per heavy atom. The van der Waals surface area contributed by atoms with E-state index in [9.17, 15) is 4.79 Å². The van der Waals surface area contributed by atoms with E-state index in [1.54, 1.807) is 11.3 Å². The van der Waals surface area contributed by atoms with E-state index in [0.29, 0.717) is 11.8 Å². The van der Waals surface area contributed by atoms with Crippen molar-refractivity contribution in [3.05, 3.63) is 21.9 Å². The van der Waals surface area contributed by atoms with Gasteiger partial charge < -0.3 is 4.90 Å². The lowest BCUT2D eigenvalue weighted by molar-refractivity contribution is -0.128. The summed E-state index contributed by atoms with van der Waals surface area (Å²) in [6, 6.07) is 4.24.